The van der Waals surface area contributed by atoms with E-state index in [1.54, 1.807) is 0 Å². The monoisotopic (exact) mass is 446 g/mol. The van der Waals surface area contributed by atoms with Crippen LogP contribution in [0.5, 0.6) is 0 Å². The molecule has 2 aromatic carbocycles. The molecule has 0 amide bonds. The predicted molar refractivity (Wildman–Crippen MR) is 120 cm³/mol. The lowest BCUT2D eigenvalue weighted by molar-refractivity contribution is 0.102. The molecule has 0 bridgehead atoms. The topological polar surface area (TPSA) is 59.4 Å². The number of hydrogen-bond acceptors (Lipinski definition) is 5. The fraction of sp³-hybridized carbons (Fsp3) is 0.571. The molecular formula is C28H30O5. The van der Waals surface area contributed by atoms with Gasteiger partial charge in [0.15, 0.2) is 0 Å². The first kappa shape index (κ1) is 19.5. The summed E-state index contributed by atoms with van der Waals surface area (Å²) < 4.78 is 29.9. The fourth-order valence-corrected chi connectivity index (χ4v) is 6.74. The van der Waals surface area contributed by atoms with Crippen LogP contribution in [-0.4, -0.2) is 37.6 Å². The summed E-state index contributed by atoms with van der Waals surface area (Å²) in [6.45, 7) is 1.23. The second-order valence-corrected chi connectivity index (χ2v) is 10.8. The molecule has 33 heavy (non-hydrogen) atoms. The fourth-order valence-electron chi connectivity index (χ4n) is 6.74. The summed E-state index contributed by atoms with van der Waals surface area (Å²) in [5.74, 6) is 0. The van der Waals surface area contributed by atoms with Crippen LogP contribution in [0.2, 0.25) is 0 Å². The van der Waals surface area contributed by atoms with Crippen molar-refractivity contribution >= 4 is 0 Å². The van der Waals surface area contributed by atoms with Crippen molar-refractivity contribution in [2.75, 3.05) is 13.2 Å². The van der Waals surface area contributed by atoms with Crippen LogP contribution >= 0.6 is 0 Å². The highest BCUT2D eigenvalue weighted by molar-refractivity contribution is 5.38. The van der Waals surface area contributed by atoms with Crippen LogP contribution in [0.25, 0.3) is 0 Å². The average Bonchev–Trinajstić information content (AvgIpc) is 3.78. The molecule has 172 valence electrons. The minimum atomic E-state index is 0.0104. The second kappa shape index (κ2) is 6.89. The molecular weight excluding hydrogens is 416 g/mol. The highest BCUT2D eigenvalue weighted by Crippen LogP contribution is 2.58. The van der Waals surface area contributed by atoms with Crippen LogP contribution in [-0.2, 0) is 34.9 Å². The Morgan fingerprint density at radius 2 is 1.24 bits per heavy atom. The average molecular weight is 447 g/mol. The predicted octanol–water partition coefficient (Wildman–Crippen LogP) is 4.84. The molecule has 0 radical (unpaired) electrons. The standard InChI is InChI=1S/C28H30O5/c1-5-17(13-19(7-1)27-11-3-9-23(27)32-27)25-21(30-25)15-29-16-22-26(31-22)18-6-2-8-20(14-18)28-12-4-10-24(28)33-28/h1-2,5-8,13-14,21-26H,3-4,9-12,15-16H2. The van der Waals surface area contributed by atoms with Gasteiger partial charge in [-0.3, -0.25) is 0 Å². The molecule has 6 fully saturated rings. The first-order chi connectivity index (χ1) is 16.3. The minimum Gasteiger partial charge on any atom is -0.376 e. The quantitative estimate of drug-likeness (QED) is 0.543. The first-order valence-corrected chi connectivity index (χ1v) is 12.7. The van der Waals surface area contributed by atoms with Gasteiger partial charge in [-0.05, 0) is 60.8 Å². The maximum absolute atomic E-state index is 6.01. The van der Waals surface area contributed by atoms with Gasteiger partial charge >= 0.3 is 0 Å². The Kier molecular flexibility index (Phi) is 4.08. The van der Waals surface area contributed by atoms with Gasteiger partial charge in [-0.25, -0.2) is 0 Å². The lowest BCUT2D eigenvalue weighted by Gasteiger charge is -2.10. The molecule has 0 aromatic heterocycles. The first-order valence-electron chi connectivity index (χ1n) is 12.7. The minimum absolute atomic E-state index is 0.0104. The van der Waals surface area contributed by atoms with Crippen LogP contribution in [0.15, 0.2) is 48.5 Å². The highest BCUT2D eigenvalue weighted by Gasteiger charge is 2.61. The number of rotatable bonds is 8. The smallest absolute Gasteiger partial charge is 0.120 e. The molecule has 2 aliphatic carbocycles. The molecule has 4 aliphatic heterocycles. The lowest BCUT2D eigenvalue weighted by atomic mass is 9.94. The summed E-state index contributed by atoms with van der Waals surface area (Å²) in [7, 11) is 0. The van der Waals surface area contributed by atoms with E-state index in [1.807, 2.05) is 0 Å². The normalized spacial score (nSPS) is 43.8. The molecule has 8 unspecified atom stereocenters. The maximum Gasteiger partial charge on any atom is 0.120 e. The summed E-state index contributed by atoms with van der Waals surface area (Å²) in [5, 5.41) is 0. The van der Waals surface area contributed by atoms with Crippen molar-refractivity contribution in [2.24, 2.45) is 0 Å². The molecule has 6 aliphatic rings. The number of fused-ring (bicyclic) bond motifs is 2. The lowest BCUT2D eigenvalue weighted by Crippen LogP contribution is -2.10. The van der Waals surface area contributed by atoms with E-state index in [-0.39, 0.29) is 35.6 Å². The Hall–Kier alpha value is -1.76. The van der Waals surface area contributed by atoms with Gasteiger partial charge in [0.05, 0.1) is 25.4 Å². The van der Waals surface area contributed by atoms with Crippen molar-refractivity contribution in [3.05, 3.63) is 70.8 Å². The summed E-state index contributed by atoms with van der Waals surface area (Å²) >= 11 is 0. The van der Waals surface area contributed by atoms with Gasteiger partial charge in [0.1, 0.15) is 35.6 Å². The molecule has 2 aromatic rings. The Labute approximate surface area is 194 Å². The second-order valence-electron chi connectivity index (χ2n) is 10.8. The molecule has 2 saturated carbocycles. The summed E-state index contributed by atoms with van der Waals surface area (Å²) in [5.41, 5.74) is 5.18. The van der Waals surface area contributed by atoms with E-state index in [0.717, 1.165) is 12.8 Å². The van der Waals surface area contributed by atoms with Crippen LogP contribution in [0, 0.1) is 0 Å². The third-order valence-corrected chi connectivity index (χ3v) is 8.80. The molecule has 5 nitrogen and oxygen atoms in total. The van der Waals surface area contributed by atoms with Gasteiger partial charge in [-0.2, -0.15) is 0 Å². The number of benzene rings is 2. The molecule has 8 rings (SSSR count). The Morgan fingerprint density at radius 3 is 1.67 bits per heavy atom. The molecule has 4 heterocycles. The van der Waals surface area contributed by atoms with E-state index in [2.05, 4.69) is 48.5 Å². The summed E-state index contributed by atoms with van der Waals surface area (Å²) in [6.07, 6.45) is 8.70. The Morgan fingerprint density at radius 1 is 0.727 bits per heavy atom. The zero-order valence-electron chi connectivity index (χ0n) is 18.8. The maximum atomic E-state index is 6.01. The van der Waals surface area contributed by atoms with Crippen molar-refractivity contribution in [1.29, 1.82) is 0 Å². The molecule has 8 atom stereocenters. The zero-order chi connectivity index (χ0) is 21.6. The van der Waals surface area contributed by atoms with Crippen LogP contribution in [0.1, 0.15) is 73.0 Å². The highest BCUT2D eigenvalue weighted by atomic mass is 16.6. The Bertz CT molecular complexity index is 1020. The third-order valence-electron chi connectivity index (χ3n) is 8.80. The summed E-state index contributed by atoms with van der Waals surface area (Å²) in [6, 6.07) is 17.6. The largest absolute Gasteiger partial charge is 0.376 e. The third kappa shape index (κ3) is 3.10. The van der Waals surface area contributed by atoms with Crippen molar-refractivity contribution < 1.29 is 23.7 Å². The SMILES string of the molecule is c1cc(C2OC2COCC2OC2c2cccc(C34CCCC3O4)c2)cc(C23CCCC2O3)c1. The van der Waals surface area contributed by atoms with Crippen molar-refractivity contribution in [3.8, 4) is 0 Å². The molecule has 0 N–H and O–H groups in total. The zero-order valence-corrected chi connectivity index (χ0v) is 18.8. The van der Waals surface area contributed by atoms with E-state index in [4.69, 9.17) is 23.7 Å². The number of hydrogen-bond donors (Lipinski definition) is 0. The van der Waals surface area contributed by atoms with Crippen LogP contribution in [0.4, 0.5) is 0 Å². The van der Waals surface area contributed by atoms with Crippen molar-refractivity contribution in [2.45, 2.75) is 86.4 Å². The Balaban J connectivity index is 0.845. The molecule has 0 spiro atoms. The van der Waals surface area contributed by atoms with E-state index >= 15 is 0 Å². The number of ether oxygens (including phenoxy) is 5. The molecule has 4 saturated heterocycles. The van der Waals surface area contributed by atoms with Gasteiger partial charge in [0.2, 0.25) is 0 Å². The van der Waals surface area contributed by atoms with E-state index in [0.29, 0.717) is 25.4 Å². The van der Waals surface area contributed by atoms with Gasteiger partial charge < -0.3 is 23.7 Å². The van der Waals surface area contributed by atoms with Gasteiger partial charge in [-0.15, -0.1) is 0 Å². The van der Waals surface area contributed by atoms with Crippen molar-refractivity contribution in [3.63, 3.8) is 0 Å². The molecule has 5 heteroatoms. The van der Waals surface area contributed by atoms with Gasteiger partial charge in [0.25, 0.3) is 0 Å². The van der Waals surface area contributed by atoms with Crippen molar-refractivity contribution in [1.82, 2.24) is 0 Å². The van der Waals surface area contributed by atoms with Crippen LogP contribution < -0.4 is 0 Å². The van der Waals surface area contributed by atoms with Gasteiger partial charge in [-0.1, -0.05) is 48.5 Å². The van der Waals surface area contributed by atoms with E-state index < -0.39 is 0 Å². The van der Waals surface area contributed by atoms with E-state index in [9.17, 15) is 0 Å². The van der Waals surface area contributed by atoms with E-state index in [1.165, 1.54) is 47.9 Å². The summed E-state index contributed by atoms with van der Waals surface area (Å²) in [4.78, 5) is 0. The van der Waals surface area contributed by atoms with Crippen LogP contribution in [0.3, 0.4) is 0 Å². The van der Waals surface area contributed by atoms with Gasteiger partial charge in [0, 0.05) is 0 Å². The number of epoxide rings is 4.